The van der Waals surface area contributed by atoms with Gasteiger partial charge in [0.2, 0.25) is 0 Å². The SMILES string of the molecule is COCCCCC(=O)O.OCCO. The molecule has 0 spiro atoms. The molecule has 0 bridgehead atoms. The van der Waals surface area contributed by atoms with E-state index in [1.165, 1.54) is 0 Å². The van der Waals surface area contributed by atoms with Crippen LogP contribution < -0.4 is 0 Å². The summed E-state index contributed by atoms with van der Waals surface area (Å²) in [5, 5.41) is 23.4. The van der Waals surface area contributed by atoms with Crippen molar-refractivity contribution in [2.24, 2.45) is 0 Å². The minimum Gasteiger partial charge on any atom is -0.481 e. The second kappa shape index (κ2) is 13.9. The Morgan fingerprint density at radius 1 is 1.23 bits per heavy atom. The van der Waals surface area contributed by atoms with E-state index in [1.54, 1.807) is 7.11 Å². The number of aliphatic hydroxyl groups excluding tert-OH is 2. The highest BCUT2D eigenvalue weighted by molar-refractivity contribution is 5.66. The third kappa shape index (κ3) is 24.6. The molecular formula is C8H18O5. The summed E-state index contributed by atoms with van der Waals surface area (Å²) >= 11 is 0. The maximum Gasteiger partial charge on any atom is 0.303 e. The van der Waals surface area contributed by atoms with Crippen LogP contribution in [0.2, 0.25) is 0 Å². The van der Waals surface area contributed by atoms with Gasteiger partial charge in [-0.3, -0.25) is 4.79 Å². The van der Waals surface area contributed by atoms with E-state index in [0.717, 1.165) is 6.42 Å². The summed E-state index contributed by atoms with van der Waals surface area (Å²) < 4.78 is 4.73. The van der Waals surface area contributed by atoms with E-state index >= 15 is 0 Å². The zero-order valence-electron chi connectivity index (χ0n) is 7.90. The molecule has 0 heterocycles. The lowest BCUT2D eigenvalue weighted by atomic mass is 10.2. The van der Waals surface area contributed by atoms with Crippen LogP contribution in [0.1, 0.15) is 19.3 Å². The van der Waals surface area contributed by atoms with Gasteiger partial charge < -0.3 is 20.1 Å². The lowest BCUT2D eigenvalue weighted by Gasteiger charge is -1.94. The van der Waals surface area contributed by atoms with E-state index in [4.69, 9.17) is 20.1 Å². The zero-order valence-corrected chi connectivity index (χ0v) is 7.90. The van der Waals surface area contributed by atoms with E-state index < -0.39 is 5.97 Å². The molecule has 0 rings (SSSR count). The van der Waals surface area contributed by atoms with Crippen LogP contribution in [0.25, 0.3) is 0 Å². The molecular weight excluding hydrogens is 176 g/mol. The van der Waals surface area contributed by atoms with Crippen molar-refractivity contribution in [3.63, 3.8) is 0 Å². The maximum absolute atomic E-state index is 9.92. The predicted octanol–water partition coefficient (Wildman–Crippen LogP) is -0.141. The number of hydrogen-bond acceptors (Lipinski definition) is 4. The monoisotopic (exact) mass is 194 g/mol. The van der Waals surface area contributed by atoms with Gasteiger partial charge in [-0.1, -0.05) is 0 Å². The number of aliphatic carboxylic acids is 1. The number of aliphatic hydroxyl groups is 2. The summed E-state index contributed by atoms with van der Waals surface area (Å²) in [4.78, 5) is 9.92. The molecule has 0 aromatic carbocycles. The van der Waals surface area contributed by atoms with Gasteiger partial charge in [-0.15, -0.1) is 0 Å². The molecule has 0 aliphatic carbocycles. The van der Waals surface area contributed by atoms with Gasteiger partial charge in [-0.05, 0) is 12.8 Å². The van der Waals surface area contributed by atoms with E-state index in [2.05, 4.69) is 0 Å². The third-order valence-corrected chi connectivity index (χ3v) is 1.09. The van der Waals surface area contributed by atoms with Gasteiger partial charge in [-0.25, -0.2) is 0 Å². The average molecular weight is 194 g/mol. The largest absolute Gasteiger partial charge is 0.481 e. The van der Waals surface area contributed by atoms with Crippen LogP contribution in [-0.4, -0.2) is 48.2 Å². The first kappa shape index (κ1) is 14.9. The highest BCUT2D eigenvalue weighted by Crippen LogP contribution is 1.93. The van der Waals surface area contributed by atoms with E-state index in [1.807, 2.05) is 0 Å². The van der Waals surface area contributed by atoms with Crippen molar-refractivity contribution >= 4 is 5.97 Å². The lowest BCUT2D eigenvalue weighted by Crippen LogP contribution is -1.95. The van der Waals surface area contributed by atoms with Crippen molar-refractivity contribution in [1.82, 2.24) is 0 Å². The normalized spacial score (nSPS) is 8.85. The van der Waals surface area contributed by atoms with Gasteiger partial charge in [0.1, 0.15) is 0 Å². The van der Waals surface area contributed by atoms with E-state index in [0.29, 0.717) is 13.0 Å². The van der Waals surface area contributed by atoms with E-state index in [-0.39, 0.29) is 19.6 Å². The summed E-state index contributed by atoms with van der Waals surface area (Å²) in [6.07, 6.45) is 1.80. The highest BCUT2D eigenvalue weighted by Gasteiger charge is 1.94. The minimum atomic E-state index is -0.730. The summed E-state index contributed by atoms with van der Waals surface area (Å²) in [5.41, 5.74) is 0. The molecule has 13 heavy (non-hydrogen) atoms. The average Bonchev–Trinajstić information content (AvgIpc) is 2.13. The minimum absolute atomic E-state index is 0.125. The molecule has 0 radical (unpaired) electrons. The van der Waals surface area contributed by atoms with Crippen molar-refractivity contribution in [3.8, 4) is 0 Å². The third-order valence-electron chi connectivity index (χ3n) is 1.09. The lowest BCUT2D eigenvalue weighted by molar-refractivity contribution is -0.137. The number of carboxylic acid groups (broad SMARTS) is 1. The Morgan fingerprint density at radius 2 is 1.77 bits per heavy atom. The quantitative estimate of drug-likeness (QED) is 0.512. The molecule has 3 N–H and O–H groups in total. The van der Waals surface area contributed by atoms with Gasteiger partial charge in [0.15, 0.2) is 0 Å². The smallest absolute Gasteiger partial charge is 0.303 e. The van der Waals surface area contributed by atoms with Crippen molar-refractivity contribution in [1.29, 1.82) is 0 Å². The number of hydrogen-bond donors (Lipinski definition) is 3. The molecule has 0 saturated heterocycles. The van der Waals surface area contributed by atoms with Crippen LogP contribution in [0, 0.1) is 0 Å². The predicted molar refractivity (Wildman–Crippen MR) is 47.5 cm³/mol. The van der Waals surface area contributed by atoms with Crippen molar-refractivity contribution < 1.29 is 24.9 Å². The second-order valence-corrected chi connectivity index (χ2v) is 2.29. The van der Waals surface area contributed by atoms with Crippen LogP contribution in [0.15, 0.2) is 0 Å². The molecule has 0 aliphatic rings. The van der Waals surface area contributed by atoms with Crippen LogP contribution in [-0.2, 0) is 9.53 Å². The second-order valence-electron chi connectivity index (χ2n) is 2.29. The number of carbonyl (C=O) groups is 1. The molecule has 0 aromatic rings. The Hall–Kier alpha value is -0.650. The molecule has 0 unspecified atom stereocenters. The molecule has 0 aromatic heterocycles. The molecule has 0 atom stereocenters. The van der Waals surface area contributed by atoms with Crippen molar-refractivity contribution in [2.75, 3.05) is 26.9 Å². The Bertz CT molecular complexity index is 103. The first-order valence-corrected chi connectivity index (χ1v) is 4.11. The molecule has 0 aliphatic heterocycles. The van der Waals surface area contributed by atoms with Gasteiger partial charge in [0, 0.05) is 20.1 Å². The Labute approximate surface area is 78.0 Å². The number of rotatable bonds is 6. The summed E-state index contributed by atoms with van der Waals surface area (Å²) in [6.45, 7) is 0.410. The van der Waals surface area contributed by atoms with Crippen molar-refractivity contribution in [3.05, 3.63) is 0 Å². The van der Waals surface area contributed by atoms with Gasteiger partial charge in [0.05, 0.1) is 13.2 Å². The Morgan fingerprint density at radius 3 is 2.08 bits per heavy atom. The molecule has 0 fully saturated rings. The molecule has 80 valence electrons. The highest BCUT2D eigenvalue weighted by atomic mass is 16.5. The van der Waals surface area contributed by atoms with Crippen molar-refractivity contribution in [2.45, 2.75) is 19.3 Å². The Kier molecular flexibility index (Phi) is 15.9. The maximum atomic E-state index is 9.92. The fourth-order valence-electron chi connectivity index (χ4n) is 0.523. The van der Waals surface area contributed by atoms with Crippen LogP contribution in [0.5, 0.6) is 0 Å². The summed E-state index contributed by atoms with van der Waals surface area (Å²) in [6, 6.07) is 0. The van der Waals surface area contributed by atoms with Gasteiger partial charge in [-0.2, -0.15) is 0 Å². The van der Waals surface area contributed by atoms with Gasteiger partial charge in [0.25, 0.3) is 0 Å². The Balaban J connectivity index is 0. The number of carboxylic acids is 1. The van der Waals surface area contributed by atoms with E-state index in [9.17, 15) is 4.79 Å². The zero-order chi connectivity index (χ0) is 10.5. The van der Waals surface area contributed by atoms with Gasteiger partial charge >= 0.3 is 5.97 Å². The first-order valence-electron chi connectivity index (χ1n) is 4.11. The standard InChI is InChI=1S/C6H12O3.C2H6O2/c1-9-5-3-2-4-6(7)8;3-1-2-4/h2-5H2,1H3,(H,7,8);3-4H,1-2H2. The van der Waals surface area contributed by atoms with Crippen LogP contribution in [0.3, 0.4) is 0 Å². The van der Waals surface area contributed by atoms with Crippen LogP contribution in [0.4, 0.5) is 0 Å². The fourth-order valence-corrected chi connectivity index (χ4v) is 0.523. The summed E-state index contributed by atoms with van der Waals surface area (Å²) in [7, 11) is 1.61. The molecule has 5 heteroatoms. The number of ether oxygens (including phenoxy) is 1. The van der Waals surface area contributed by atoms with Crippen LogP contribution >= 0.6 is 0 Å². The number of unbranched alkanes of at least 4 members (excludes halogenated alkanes) is 1. The number of methoxy groups -OCH3 is 1. The molecule has 5 nitrogen and oxygen atoms in total. The topological polar surface area (TPSA) is 87.0 Å². The molecule has 0 amide bonds. The molecule has 0 saturated carbocycles. The summed E-state index contributed by atoms with van der Waals surface area (Å²) in [5.74, 6) is -0.730. The first-order chi connectivity index (χ1) is 6.18. The fraction of sp³-hybridized carbons (Fsp3) is 0.875.